The minimum atomic E-state index is -3.56. The Bertz CT molecular complexity index is 892. The van der Waals surface area contributed by atoms with Crippen molar-refractivity contribution in [2.24, 2.45) is 0 Å². The number of hydrogen-bond acceptors (Lipinski definition) is 4. The maximum absolute atomic E-state index is 12.8. The van der Waals surface area contributed by atoms with E-state index in [9.17, 15) is 8.42 Å². The number of hydrogen-bond donors (Lipinski definition) is 1. The van der Waals surface area contributed by atoms with Crippen molar-refractivity contribution in [3.8, 4) is 5.75 Å². The normalized spacial score (nSPS) is 16.3. The average molecular weight is 403 g/mol. The molecule has 1 aliphatic rings. The van der Waals surface area contributed by atoms with E-state index in [0.717, 1.165) is 53.9 Å². The van der Waals surface area contributed by atoms with Gasteiger partial charge < -0.3 is 9.64 Å². The van der Waals surface area contributed by atoms with Crippen molar-refractivity contribution in [1.29, 1.82) is 0 Å². The van der Waals surface area contributed by atoms with Crippen molar-refractivity contribution in [3.63, 3.8) is 0 Å². The molecule has 1 fully saturated rings. The van der Waals surface area contributed by atoms with E-state index in [2.05, 4.69) is 16.7 Å². The Morgan fingerprint density at radius 3 is 2.18 bits per heavy atom. The number of aryl methyl sites for hydroxylation is 3. The predicted octanol–water partition coefficient (Wildman–Crippen LogP) is 3.56. The minimum Gasteiger partial charge on any atom is -0.490 e. The highest BCUT2D eigenvalue weighted by Gasteiger charge is 2.20. The van der Waals surface area contributed by atoms with Crippen LogP contribution in [0.1, 0.15) is 35.1 Å². The molecule has 0 bridgehead atoms. The fourth-order valence-electron chi connectivity index (χ4n) is 3.82. The third-order valence-corrected chi connectivity index (χ3v) is 6.94. The zero-order valence-corrected chi connectivity index (χ0v) is 18.0. The first-order valence-electron chi connectivity index (χ1n) is 9.76. The second kappa shape index (κ2) is 8.64. The second-order valence-corrected chi connectivity index (χ2v) is 9.52. The predicted molar refractivity (Wildman–Crippen MR) is 112 cm³/mol. The van der Waals surface area contributed by atoms with E-state index in [4.69, 9.17) is 4.74 Å². The van der Waals surface area contributed by atoms with Gasteiger partial charge in [0.25, 0.3) is 0 Å². The molecule has 28 heavy (non-hydrogen) atoms. The van der Waals surface area contributed by atoms with Crippen LogP contribution >= 0.6 is 0 Å². The summed E-state index contributed by atoms with van der Waals surface area (Å²) in [7, 11) is -1.43. The van der Waals surface area contributed by atoms with E-state index in [0.29, 0.717) is 4.90 Å². The van der Waals surface area contributed by atoms with Gasteiger partial charge in [-0.3, -0.25) is 0 Å². The molecule has 0 saturated carbocycles. The Morgan fingerprint density at radius 1 is 1.04 bits per heavy atom. The maximum Gasteiger partial charge on any atom is 0.241 e. The monoisotopic (exact) mass is 402 g/mol. The van der Waals surface area contributed by atoms with Gasteiger partial charge in [-0.25, -0.2) is 13.1 Å². The molecule has 5 nitrogen and oxygen atoms in total. The third-order valence-electron chi connectivity index (χ3n) is 5.23. The van der Waals surface area contributed by atoms with Crippen LogP contribution in [0.4, 0.5) is 0 Å². The van der Waals surface area contributed by atoms with Crippen molar-refractivity contribution in [2.45, 2.75) is 51.2 Å². The molecule has 1 N–H and O–H groups in total. The Balaban J connectivity index is 1.61. The number of nitrogens with one attached hydrogen (secondary N) is 1. The van der Waals surface area contributed by atoms with Gasteiger partial charge in [0.15, 0.2) is 0 Å². The van der Waals surface area contributed by atoms with Crippen molar-refractivity contribution in [2.75, 3.05) is 20.1 Å². The molecule has 152 valence electrons. The van der Waals surface area contributed by atoms with Crippen LogP contribution in [0.25, 0.3) is 0 Å². The van der Waals surface area contributed by atoms with Crippen LogP contribution in [0, 0.1) is 20.8 Å². The molecular formula is C22H30N2O3S. The van der Waals surface area contributed by atoms with E-state index in [1.165, 1.54) is 0 Å². The summed E-state index contributed by atoms with van der Waals surface area (Å²) in [5.74, 6) is 0.839. The summed E-state index contributed by atoms with van der Waals surface area (Å²) >= 11 is 0. The lowest BCUT2D eigenvalue weighted by molar-refractivity contribution is 0.114. The number of nitrogens with zero attached hydrogens (tertiary/aromatic N) is 1. The number of likely N-dealkylation sites (tertiary alicyclic amines) is 1. The maximum atomic E-state index is 12.8. The SMILES string of the molecule is Cc1cc(C)c(S(=O)(=O)NCc2ccc(OC3CCN(C)CC3)cc2)c(C)c1. The van der Waals surface area contributed by atoms with Gasteiger partial charge in [-0.1, -0.05) is 29.8 Å². The van der Waals surface area contributed by atoms with Gasteiger partial charge in [0.1, 0.15) is 11.9 Å². The number of rotatable bonds is 6. The highest BCUT2D eigenvalue weighted by atomic mass is 32.2. The molecule has 2 aromatic carbocycles. The van der Waals surface area contributed by atoms with Gasteiger partial charge in [0, 0.05) is 19.6 Å². The standard InChI is InChI=1S/C22H30N2O3S/c1-16-13-17(2)22(18(3)14-16)28(25,26)23-15-19-5-7-20(8-6-19)27-21-9-11-24(4)12-10-21/h5-8,13-14,21,23H,9-12,15H2,1-4H3. The number of sulfonamides is 1. The summed E-state index contributed by atoms with van der Waals surface area (Å²) in [5.41, 5.74) is 3.51. The molecule has 3 rings (SSSR count). The van der Waals surface area contributed by atoms with E-state index in [1.807, 2.05) is 57.2 Å². The van der Waals surface area contributed by atoms with Gasteiger partial charge >= 0.3 is 0 Å². The largest absolute Gasteiger partial charge is 0.490 e. The fourth-order valence-corrected chi connectivity index (χ4v) is 5.29. The number of ether oxygens (including phenoxy) is 1. The van der Waals surface area contributed by atoms with Gasteiger partial charge in [-0.15, -0.1) is 0 Å². The lowest BCUT2D eigenvalue weighted by atomic mass is 10.1. The first-order chi connectivity index (χ1) is 13.2. The first-order valence-corrected chi connectivity index (χ1v) is 11.2. The smallest absolute Gasteiger partial charge is 0.241 e. The van der Waals surface area contributed by atoms with Crippen LogP contribution in [0.15, 0.2) is 41.3 Å². The number of benzene rings is 2. The Morgan fingerprint density at radius 2 is 1.61 bits per heavy atom. The molecule has 1 heterocycles. The summed E-state index contributed by atoms with van der Waals surface area (Å²) in [5, 5.41) is 0. The van der Waals surface area contributed by atoms with Crippen molar-refractivity contribution in [1.82, 2.24) is 9.62 Å². The van der Waals surface area contributed by atoms with Crippen LogP contribution in [-0.2, 0) is 16.6 Å². The van der Waals surface area contributed by atoms with Crippen molar-refractivity contribution < 1.29 is 13.2 Å². The van der Waals surface area contributed by atoms with Gasteiger partial charge in [0.05, 0.1) is 4.90 Å². The molecule has 0 amide bonds. The van der Waals surface area contributed by atoms with E-state index < -0.39 is 10.0 Å². The quantitative estimate of drug-likeness (QED) is 0.803. The van der Waals surface area contributed by atoms with Crippen LogP contribution in [-0.4, -0.2) is 39.6 Å². The molecule has 2 aromatic rings. The van der Waals surface area contributed by atoms with E-state index in [1.54, 1.807) is 0 Å². The zero-order valence-electron chi connectivity index (χ0n) is 17.2. The highest BCUT2D eigenvalue weighted by Crippen LogP contribution is 2.23. The Hall–Kier alpha value is -1.89. The van der Waals surface area contributed by atoms with Crippen molar-refractivity contribution >= 4 is 10.0 Å². The lowest BCUT2D eigenvalue weighted by Gasteiger charge is -2.29. The molecular weight excluding hydrogens is 372 g/mol. The van der Waals surface area contributed by atoms with E-state index >= 15 is 0 Å². The minimum absolute atomic E-state index is 0.254. The summed E-state index contributed by atoms with van der Waals surface area (Å²) in [6, 6.07) is 11.5. The van der Waals surface area contributed by atoms with Crippen LogP contribution in [0.2, 0.25) is 0 Å². The molecule has 0 unspecified atom stereocenters. The summed E-state index contributed by atoms with van der Waals surface area (Å²) in [4.78, 5) is 2.69. The van der Waals surface area contributed by atoms with Gasteiger partial charge in [-0.05, 0) is 69.5 Å². The molecule has 0 atom stereocenters. The van der Waals surface area contributed by atoms with Crippen LogP contribution in [0.3, 0.4) is 0 Å². The average Bonchev–Trinajstić information content (AvgIpc) is 2.62. The molecule has 1 saturated heterocycles. The number of piperidine rings is 1. The molecule has 6 heteroatoms. The summed E-state index contributed by atoms with van der Waals surface area (Å²) < 4.78 is 34.3. The topological polar surface area (TPSA) is 58.6 Å². The third kappa shape index (κ3) is 5.13. The van der Waals surface area contributed by atoms with Gasteiger partial charge in [0.2, 0.25) is 10.0 Å². The Kier molecular flexibility index (Phi) is 6.43. The molecule has 0 spiro atoms. The first kappa shape index (κ1) is 20.8. The second-order valence-electron chi connectivity index (χ2n) is 7.82. The summed E-state index contributed by atoms with van der Waals surface area (Å²) in [6.45, 7) is 8.01. The summed E-state index contributed by atoms with van der Waals surface area (Å²) in [6.07, 6.45) is 2.33. The zero-order chi connectivity index (χ0) is 20.3. The molecule has 0 aliphatic carbocycles. The van der Waals surface area contributed by atoms with E-state index in [-0.39, 0.29) is 12.6 Å². The Labute approximate surface area is 168 Å². The fraction of sp³-hybridized carbons (Fsp3) is 0.455. The lowest BCUT2D eigenvalue weighted by Crippen LogP contribution is -2.35. The van der Waals surface area contributed by atoms with Crippen LogP contribution in [0.5, 0.6) is 5.75 Å². The molecule has 0 aromatic heterocycles. The van der Waals surface area contributed by atoms with Gasteiger partial charge in [-0.2, -0.15) is 0 Å². The molecule has 0 radical (unpaired) electrons. The highest BCUT2D eigenvalue weighted by molar-refractivity contribution is 7.89. The van der Waals surface area contributed by atoms with Crippen LogP contribution < -0.4 is 9.46 Å². The molecule has 1 aliphatic heterocycles. The van der Waals surface area contributed by atoms with Crippen molar-refractivity contribution in [3.05, 3.63) is 58.7 Å².